The van der Waals surface area contributed by atoms with E-state index in [0.29, 0.717) is 0 Å². The smallest absolute Gasteiger partial charge is 0.0640 e. The van der Waals surface area contributed by atoms with Crippen LogP contribution < -0.4 is 0 Å². The molecule has 0 saturated heterocycles. The van der Waals surface area contributed by atoms with E-state index in [-0.39, 0.29) is 0 Å². The van der Waals surface area contributed by atoms with E-state index < -0.39 is 0 Å². The minimum Gasteiger partial charge on any atom is -0.309 e. The molecule has 0 bridgehead atoms. The zero-order chi connectivity index (χ0) is 33.5. The largest absolute Gasteiger partial charge is 0.309 e. The second kappa shape index (κ2) is 11.0. The average molecular weight is 667 g/mol. The van der Waals surface area contributed by atoms with E-state index >= 15 is 0 Å². The Labute approximate surface area is 298 Å². The van der Waals surface area contributed by atoms with Crippen LogP contribution in [0.3, 0.4) is 0 Å². The van der Waals surface area contributed by atoms with Crippen LogP contribution in [0, 0.1) is 0 Å². The van der Waals surface area contributed by atoms with Gasteiger partial charge in [-0.05, 0) is 76.9 Å². The third-order valence-corrected chi connectivity index (χ3v) is 11.7. The summed E-state index contributed by atoms with van der Waals surface area (Å²) in [6.07, 6.45) is 0. The standard InChI is InChI=1S/C48H30N2S/c1-2-11-31(12-3-1)32-21-25-35(26-22-32)49-42-17-7-5-14-37(42)41-29-33(24-28-44(41)49)34-23-27-38-36-13-4-8-18-43(36)50(46(38)30-34)45-19-10-16-40-39-15-6-9-20-47(39)51-48(40)45/h1-30H. The Hall–Kier alpha value is -6.42. The van der Waals surface area contributed by atoms with Crippen molar-refractivity contribution < 1.29 is 0 Å². The Morgan fingerprint density at radius 1 is 0.314 bits per heavy atom. The number of fused-ring (bicyclic) bond motifs is 9. The molecule has 0 aliphatic heterocycles. The molecule has 3 heterocycles. The van der Waals surface area contributed by atoms with E-state index in [1.807, 2.05) is 11.3 Å². The highest BCUT2D eigenvalue weighted by Gasteiger charge is 2.18. The van der Waals surface area contributed by atoms with Crippen molar-refractivity contribution in [3.8, 4) is 33.6 Å². The molecule has 0 fully saturated rings. The zero-order valence-electron chi connectivity index (χ0n) is 27.6. The lowest BCUT2D eigenvalue weighted by Crippen LogP contribution is -1.94. The molecule has 11 rings (SSSR count). The highest BCUT2D eigenvalue weighted by atomic mass is 32.1. The normalized spacial score (nSPS) is 11.9. The number of rotatable bonds is 4. The minimum absolute atomic E-state index is 1.16. The number of para-hydroxylation sites is 2. The van der Waals surface area contributed by atoms with E-state index in [9.17, 15) is 0 Å². The van der Waals surface area contributed by atoms with Crippen molar-refractivity contribution in [2.75, 3.05) is 0 Å². The van der Waals surface area contributed by atoms with Gasteiger partial charge in [-0.2, -0.15) is 0 Å². The SMILES string of the molecule is c1ccc(-c2ccc(-n3c4ccccc4c4cc(-c5ccc6c7ccccc7n(-c7cccc8c7sc7ccccc78)c6c5)ccc43)cc2)cc1. The van der Waals surface area contributed by atoms with Crippen LogP contribution in [0.25, 0.3) is 97.4 Å². The number of aromatic nitrogens is 2. The van der Waals surface area contributed by atoms with Gasteiger partial charge < -0.3 is 9.13 Å². The molecule has 2 nitrogen and oxygen atoms in total. The summed E-state index contributed by atoms with van der Waals surface area (Å²) in [5.74, 6) is 0. The molecule has 51 heavy (non-hydrogen) atoms. The third-order valence-electron chi connectivity index (χ3n) is 10.5. The molecule has 0 radical (unpaired) electrons. The van der Waals surface area contributed by atoms with Gasteiger partial charge in [0, 0.05) is 42.7 Å². The van der Waals surface area contributed by atoms with Crippen LogP contribution in [0.2, 0.25) is 0 Å². The maximum atomic E-state index is 2.48. The summed E-state index contributed by atoms with van der Waals surface area (Å²) >= 11 is 1.88. The van der Waals surface area contributed by atoms with Crippen molar-refractivity contribution in [1.29, 1.82) is 0 Å². The van der Waals surface area contributed by atoms with Crippen LogP contribution in [-0.4, -0.2) is 9.13 Å². The molecule has 0 amide bonds. The maximum absolute atomic E-state index is 2.48. The molecule has 0 unspecified atom stereocenters. The predicted molar refractivity (Wildman–Crippen MR) is 219 cm³/mol. The van der Waals surface area contributed by atoms with E-state index in [4.69, 9.17) is 0 Å². The molecular weight excluding hydrogens is 637 g/mol. The summed E-state index contributed by atoms with van der Waals surface area (Å²) in [6, 6.07) is 66.6. The van der Waals surface area contributed by atoms with Gasteiger partial charge in [0.1, 0.15) is 0 Å². The summed E-state index contributed by atoms with van der Waals surface area (Å²) in [5.41, 5.74) is 12.1. The number of hydrogen-bond donors (Lipinski definition) is 0. The molecule has 0 atom stereocenters. The highest BCUT2D eigenvalue weighted by Crippen LogP contribution is 2.42. The monoisotopic (exact) mass is 666 g/mol. The van der Waals surface area contributed by atoms with Crippen LogP contribution in [0.4, 0.5) is 0 Å². The van der Waals surface area contributed by atoms with Crippen molar-refractivity contribution in [2.24, 2.45) is 0 Å². The third kappa shape index (κ3) is 4.29. The molecule has 0 aliphatic rings. The predicted octanol–water partition coefficient (Wildman–Crippen LogP) is 13.6. The quantitative estimate of drug-likeness (QED) is 0.177. The summed E-state index contributed by atoms with van der Waals surface area (Å²) in [4.78, 5) is 0. The first-order valence-corrected chi connectivity index (χ1v) is 18.3. The Morgan fingerprint density at radius 2 is 0.882 bits per heavy atom. The molecule has 3 aromatic heterocycles. The van der Waals surface area contributed by atoms with Gasteiger partial charge in [-0.25, -0.2) is 0 Å². The van der Waals surface area contributed by atoms with Gasteiger partial charge in [-0.3, -0.25) is 0 Å². The average Bonchev–Trinajstić information content (AvgIpc) is 3.86. The van der Waals surface area contributed by atoms with Crippen LogP contribution in [0.1, 0.15) is 0 Å². The topological polar surface area (TPSA) is 9.86 Å². The van der Waals surface area contributed by atoms with Gasteiger partial charge in [-0.1, -0.05) is 127 Å². The molecule has 0 spiro atoms. The first-order chi connectivity index (χ1) is 25.3. The number of thiophene rings is 1. The number of hydrogen-bond acceptors (Lipinski definition) is 1. The molecule has 0 saturated carbocycles. The van der Waals surface area contributed by atoms with Gasteiger partial charge >= 0.3 is 0 Å². The second-order valence-corrected chi connectivity index (χ2v) is 14.4. The first-order valence-electron chi connectivity index (χ1n) is 17.4. The Bertz CT molecular complexity index is 3120. The fourth-order valence-corrected chi connectivity index (χ4v) is 9.39. The minimum atomic E-state index is 1.16. The van der Waals surface area contributed by atoms with E-state index in [0.717, 1.165) is 5.69 Å². The number of benzene rings is 8. The van der Waals surface area contributed by atoms with Crippen LogP contribution in [0.15, 0.2) is 182 Å². The maximum Gasteiger partial charge on any atom is 0.0640 e. The summed E-state index contributed by atoms with van der Waals surface area (Å²) in [6.45, 7) is 0. The van der Waals surface area contributed by atoms with Gasteiger partial charge in [-0.15, -0.1) is 11.3 Å². The Morgan fingerprint density at radius 3 is 1.71 bits per heavy atom. The van der Waals surface area contributed by atoms with Crippen molar-refractivity contribution in [3.05, 3.63) is 182 Å². The molecule has 238 valence electrons. The van der Waals surface area contributed by atoms with Crippen LogP contribution >= 0.6 is 11.3 Å². The van der Waals surface area contributed by atoms with Crippen molar-refractivity contribution >= 4 is 75.1 Å². The van der Waals surface area contributed by atoms with Crippen LogP contribution in [-0.2, 0) is 0 Å². The number of nitrogens with zero attached hydrogens (tertiary/aromatic N) is 2. The van der Waals surface area contributed by atoms with Gasteiger partial charge in [0.2, 0.25) is 0 Å². The molecule has 11 aromatic rings. The lowest BCUT2D eigenvalue weighted by Gasteiger charge is -2.11. The van der Waals surface area contributed by atoms with E-state index in [2.05, 4.69) is 191 Å². The van der Waals surface area contributed by atoms with Crippen molar-refractivity contribution in [1.82, 2.24) is 9.13 Å². The molecule has 0 N–H and O–H groups in total. The Balaban J connectivity index is 1.10. The van der Waals surface area contributed by atoms with Gasteiger partial charge in [0.15, 0.2) is 0 Å². The lowest BCUT2D eigenvalue weighted by molar-refractivity contribution is 1.18. The van der Waals surface area contributed by atoms with Gasteiger partial charge in [0.05, 0.1) is 32.5 Å². The first kappa shape index (κ1) is 28.4. The molecular formula is C48H30N2S. The fraction of sp³-hybridized carbons (Fsp3) is 0. The summed E-state index contributed by atoms with van der Waals surface area (Å²) in [5, 5.41) is 7.68. The van der Waals surface area contributed by atoms with Gasteiger partial charge in [0.25, 0.3) is 0 Å². The van der Waals surface area contributed by atoms with Crippen molar-refractivity contribution in [3.63, 3.8) is 0 Å². The van der Waals surface area contributed by atoms with Crippen molar-refractivity contribution in [2.45, 2.75) is 0 Å². The fourth-order valence-electron chi connectivity index (χ4n) is 8.18. The van der Waals surface area contributed by atoms with E-state index in [1.165, 1.54) is 91.7 Å². The highest BCUT2D eigenvalue weighted by molar-refractivity contribution is 7.26. The lowest BCUT2D eigenvalue weighted by atomic mass is 10.0. The van der Waals surface area contributed by atoms with Crippen LogP contribution in [0.5, 0.6) is 0 Å². The molecule has 3 heteroatoms. The summed E-state index contributed by atoms with van der Waals surface area (Å²) < 4.78 is 7.52. The zero-order valence-corrected chi connectivity index (χ0v) is 28.4. The molecule has 0 aliphatic carbocycles. The second-order valence-electron chi connectivity index (χ2n) is 13.3. The molecule has 8 aromatic carbocycles. The Kier molecular flexibility index (Phi) is 6.16. The summed E-state index contributed by atoms with van der Waals surface area (Å²) in [7, 11) is 0. The van der Waals surface area contributed by atoms with E-state index in [1.54, 1.807) is 0 Å².